The first-order chi connectivity index (χ1) is 31.9. The second-order valence-corrected chi connectivity index (χ2v) is 21.2. The van der Waals surface area contributed by atoms with Crippen molar-refractivity contribution in [2.45, 2.75) is 258 Å². The topological polar surface area (TPSA) is 111 Å². The summed E-state index contributed by atoms with van der Waals surface area (Å²) in [6.07, 6.45) is 55.3. The largest absolute Gasteiger partial charge is 0.472 e. The number of rotatable bonds is 49. The van der Waals surface area contributed by atoms with Gasteiger partial charge in [0.1, 0.15) is 19.3 Å². The van der Waals surface area contributed by atoms with E-state index in [1.54, 1.807) is 0 Å². The molecule has 0 aromatic carbocycles. The van der Waals surface area contributed by atoms with Gasteiger partial charge < -0.3 is 19.4 Å². The lowest BCUT2D eigenvalue weighted by Crippen LogP contribution is -2.47. The number of amides is 1. The minimum absolute atomic E-state index is 0.0380. The highest BCUT2D eigenvalue weighted by Crippen LogP contribution is 2.43. The number of ether oxygens (including phenoxy) is 1. The number of hydrogen-bond acceptors (Lipinski definition) is 6. The number of phosphoric ester groups is 1. The Morgan fingerprint density at radius 1 is 0.545 bits per heavy atom. The van der Waals surface area contributed by atoms with Crippen LogP contribution in [-0.2, 0) is 27.9 Å². The number of allylic oxidation sites excluding steroid dienone is 7. The summed E-state index contributed by atoms with van der Waals surface area (Å²) < 4.78 is 30.5. The summed E-state index contributed by atoms with van der Waals surface area (Å²) in [5.74, 6) is -0.517. The summed E-state index contributed by atoms with van der Waals surface area (Å²) in [5.41, 5.74) is 0. The molecule has 0 fully saturated rings. The number of esters is 1. The molecule has 3 unspecified atom stereocenters. The molecule has 0 aliphatic heterocycles. The molecule has 0 aromatic rings. The number of unbranched alkanes of at least 4 members (excludes halogenated alkanes) is 27. The smallest absolute Gasteiger partial charge is 0.456 e. The van der Waals surface area contributed by atoms with Crippen molar-refractivity contribution in [2.75, 3.05) is 40.9 Å². The van der Waals surface area contributed by atoms with E-state index in [0.29, 0.717) is 23.9 Å². The molecule has 0 aliphatic carbocycles. The predicted octanol–water partition coefficient (Wildman–Crippen LogP) is 16.2. The van der Waals surface area contributed by atoms with Crippen LogP contribution in [0.2, 0.25) is 0 Å². The van der Waals surface area contributed by atoms with Crippen molar-refractivity contribution < 1.29 is 37.3 Å². The van der Waals surface area contributed by atoms with Crippen LogP contribution in [0.5, 0.6) is 0 Å². The van der Waals surface area contributed by atoms with E-state index in [0.717, 1.165) is 89.9 Å². The molecule has 0 aliphatic rings. The molecule has 0 heterocycles. The molecule has 0 rings (SSSR count). The average molecular weight is 950 g/mol. The number of carbonyl (C=O) groups is 2. The van der Waals surface area contributed by atoms with Crippen molar-refractivity contribution in [1.29, 1.82) is 0 Å². The maximum atomic E-state index is 13.5. The Hall–Kier alpha value is -2.03. The van der Waals surface area contributed by atoms with E-state index in [-0.39, 0.29) is 25.1 Å². The Morgan fingerprint density at radius 2 is 0.970 bits per heavy atom. The van der Waals surface area contributed by atoms with E-state index < -0.39 is 20.0 Å². The average Bonchev–Trinajstić information content (AvgIpc) is 3.27. The maximum absolute atomic E-state index is 13.5. The molecule has 386 valence electrons. The molecule has 1 amide bonds. The molecule has 0 radical (unpaired) electrons. The first-order valence-corrected chi connectivity index (χ1v) is 29.0. The summed E-state index contributed by atoms with van der Waals surface area (Å²) in [4.78, 5) is 37.5. The van der Waals surface area contributed by atoms with Crippen LogP contribution in [0.3, 0.4) is 0 Å². The van der Waals surface area contributed by atoms with Gasteiger partial charge in [0, 0.05) is 12.8 Å². The highest BCUT2D eigenvalue weighted by molar-refractivity contribution is 7.47. The van der Waals surface area contributed by atoms with E-state index in [1.165, 1.54) is 122 Å². The third-order valence-electron chi connectivity index (χ3n) is 12.0. The number of carbonyl (C=O) groups excluding carboxylic acids is 2. The second kappa shape index (κ2) is 46.7. The molecular formula is C56H106N2O7P+. The number of likely N-dealkylation sites (N-methyl/N-ethyl adjacent to an activating group) is 1. The lowest BCUT2D eigenvalue weighted by Gasteiger charge is -2.27. The molecule has 0 bridgehead atoms. The third-order valence-corrected chi connectivity index (χ3v) is 13.0. The van der Waals surface area contributed by atoms with Gasteiger partial charge in [-0.25, -0.2) is 4.57 Å². The van der Waals surface area contributed by atoms with Crippen LogP contribution in [0, 0.1) is 0 Å². The molecular weight excluding hydrogens is 844 g/mol. The van der Waals surface area contributed by atoms with Crippen molar-refractivity contribution in [3.8, 4) is 0 Å². The first kappa shape index (κ1) is 64.0. The van der Waals surface area contributed by atoms with E-state index in [9.17, 15) is 19.0 Å². The van der Waals surface area contributed by atoms with Gasteiger partial charge in [0.05, 0.1) is 33.8 Å². The van der Waals surface area contributed by atoms with Crippen LogP contribution in [0.15, 0.2) is 48.6 Å². The third kappa shape index (κ3) is 47.1. The standard InChI is InChI=1S/C56H105N2O7P/c1-7-10-13-16-19-22-25-27-28-29-31-34-36-39-42-45-48-55(59)57-53(52-64-66(61,62)63-51-50-58(4,5)6)54(47-44-41-38-35-33-30-26-23-20-17-14-11-8-2)65-56(60)49-46-43-40-37-32-24-21-18-15-12-9-3/h10,13,19,22,27-28,44,47,53-54H,7-9,11-12,14-18,20-21,23-26,29-43,45-46,48-52H2,1-6H3,(H-,57,59,61,62)/p+1/b13-10+,22-19+,28-27+,47-44+. The van der Waals surface area contributed by atoms with Crippen molar-refractivity contribution in [3.05, 3.63) is 48.6 Å². The van der Waals surface area contributed by atoms with Crippen LogP contribution in [0.25, 0.3) is 0 Å². The lowest BCUT2D eigenvalue weighted by atomic mass is 10.0. The van der Waals surface area contributed by atoms with Gasteiger partial charge in [-0.15, -0.1) is 0 Å². The number of nitrogens with one attached hydrogen (secondary N) is 1. The molecule has 0 saturated heterocycles. The Bertz CT molecular complexity index is 1280. The van der Waals surface area contributed by atoms with Crippen molar-refractivity contribution in [2.24, 2.45) is 0 Å². The van der Waals surface area contributed by atoms with Gasteiger partial charge in [0.25, 0.3) is 0 Å². The Kier molecular flexibility index (Phi) is 45.3. The minimum Gasteiger partial charge on any atom is -0.456 e. The van der Waals surface area contributed by atoms with Gasteiger partial charge in [-0.05, 0) is 63.9 Å². The number of nitrogens with zero attached hydrogens (tertiary/aromatic N) is 1. The highest BCUT2D eigenvalue weighted by Gasteiger charge is 2.30. The maximum Gasteiger partial charge on any atom is 0.472 e. The van der Waals surface area contributed by atoms with Crippen molar-refractivity contribution >= 4 is 19.7 Å². The van der Waals surface area contributed by atoms with Crippen LogP contribution in [-0.4, -0.2) is 74.3 Å². The zero-order chi connectivity index (χ0) is 48.7. The fraction of sp³-hybridized carbons (Fsp3) is 0.821. The Balaban J connectivity index is 5.40. The minimum atomic E-state index is -4.44. The van der Waals surface area contributed by atoms with Gasteiger partial charge in [-0.2, -0.15) is 0 Å². The fourth-order valence-electron chi connectivity index (χ4n) is 7.78. The van der Waals surface area contributed by atoms with E-state index >= 15 is 0 Å². The molecule has 0 spiro atoms. The van der Waals surface area contributed by atoms with Gasteiger partial charge in [0.15, 0.2) is 0 Å². The summed E-state index contributed by atoms with van der Waals surface area (Å²) in [7, 11) is 1.49. The summed E-state index contributed by atoms with van der Waals surface area (Å²) >= 11 is 0. The molecule has 0 saturated carbocycles. The summed E-state index contributed by atoms with van der Waals surface area (Å²) in [6, 6.07) is -0.851. The van der Waals surface area contributed by atoms with Crippen molar-refractivity contribution in [3.63, 3.8) is 0 Å². The quantitative estimate of drug-likeness (QED) is 0.0205. The van der Waals surface area contributed by atoms with Gasteiger partial charge in [-0.1, -0.05) is 217 Å². The molecule has 10 heteroatoms. The number of quaternary nitrogens is 1. The van der Waals surface area contributed by atoms with E-state index in [2.05, 4.69) is 62.5 Å². The van der Waals surface area contributed by atoms with Crippen LogP contribution in [0.1, 0.15) is 245 Å². The van der Waals surface area contributed by atoms with Gasteiger partial charge >= 0.3 is 13.8 Å². The van der Waals surface area contributed by atoms with Crippen LogP contribution in [0.4, 0.5) is 0 Å². The van der Waals surface area contributed by atoms with Gasteiger partial charge in [-0.3, -0.25) is 18.6 Å². The zero-order valence-electron chi connectivity index (χ0n) is 43.9. The molecule has 9 nitrogen and oxygen atoms in total. The fourth-order valence-corrected chi connectivity index (χ4v) is 8.51. The molecule has 0 aromatic heterocycles. The predicted molar refractivity (Wildman–Crippen MR) is 282 cm³/mol. The van der Waals surface area contributed by atoms with Crippen LogP contribution >= 0.6 is 7.82 Å². The van der Waals surface area contributed by atoms with Gasteiger partial charge in [0.2, 0.25) is 5.91 Å². The normalized spacial score (nSPS) is 14.2. The zero-order valence-corrected chi connectivity index (χ0v) is 44.8. The highest BCUT2D eigenvalue weighted by atomic mass is 31.2. The molecule has 2 N–H and O–H groups in total. The second-order valence-electron chi connectivity index (χ2n) is 19.7. The summed E-state index contributed by atoms with van der Waals surface area (Å²) in [5, 5.41) is 3.04. The molecule has 3 atom stereocenters. The van der Waals surface area contributed by atoms with E-state index in [1.807, 2.05) is 33.3 Å². The van der Waals surface area contributed by atoms with E-state index in [4.69, 9.17) is 13.8 Å². The summed E-state index contributed by atoms with van der Waals surface area (Å²) in [6.45, 7) is 6.88. The van der Waals surface area contributed by atoms with Crippen LogP contribution < -0.4 is 5.32 Å². The number of hydrogen-bond donors (Lipinski definition) is 2. The van der Waals surface area contributed by atoms with Crippen molar-refractivity contribution in [1.82, 2.24) is 5.32 Å². The monoisotopic (exact) mass is 950 g/mol. The SMILES string of the molecule is CC/C=C/C/C=C/C/C=C/CCCCCCCCC(=O)NC(COP(=O)(O)OCC[N+](C)(C)C)C(/C=C/CCCCCCCCCCCCC)OC(=O)CCCCCCCCCCCCC. The Labute approximate surface area is 408 Å². The Morgan fingerprint density at radius 3 is 1.45 bits per heavy atom. The molecule has 66 heavy (non-hydrogen) atoms. The lowest BCUT2D eigenvalue weighted by molar-refractivity contribution is -0.870. The first-order valence-electron chi connectivity index (χ1n) is 27.5. The number of phosphoric acid groups is 1.